The molecule has 0 unspecified atom stereocenters. The summed E-state index contributed by atoms with van der Waals surface area (Å²) in [4.78, 5) is 12.6. The Kier molecular flexibility index (Phi) is 4.42. The van der Waals surface area contributed by atoms with E-state index in [9.17, 15) is 4.79 Å². The molecule has 4 aliphatic carbocycles. The van der Waals surface area contributed by atoms with E-state index in [2.05, 4.69) is 36.7 Å². The van der Waals surface area contributed by atoms with E-state index in [4.69, 9.17) is 0 Å². The molecule has 28 heavy (non-hydrogen) atoms. The highest BCUT2D eigenvalue weighted by atomic mass is 79.9. The molecule has 0 radical (unpaired) electrons. The van der Waals surface area contributed by atoms with Gasteiger partial charge in [-0.25, -0.2) is 5.43 Å². The van der Waals surface area contributed by atoms with Crippen molar-refractivity contribution in [2.24, 2.45) is 22.9 Å². The first kappa shape index (κ1) is 18.1. The van der Waals surface area contributed by atoms with Crippen LogP contribution in [0.5, 0.6) is 0 Å². The molecule has 1 aromatic carbocycles. The first-order chi connectivity index (χ1) is 13.5. The van der Waals surface area contributed by atoms with Gasteiger partial charge in [0.15, 0.2) is 5.69 Å². The summed E-state index contributed by atoms with van der Waals surface area (Å²) in [5.74, 6) is 2.34. The van der Waals surface area contributed by atoms with Crippen molar-refractivity contribution in [1.29, 1.82) is 0 Å². The van der Waals surface area contributed by atoms with E-state index < -0.39 is 0 Å². The summed E-state index contributed by atoms with van der Waals surface area (Å²) in [6.07, 6.45) is 7.98. The molecular weight excluding hydrogens is 416 g/mol. The van der Waals surface area contributed by atoms with Gasteiger partial charge >= 0.3 is 0 Å². The van der Waals surface area contributed by atoms with Gasteiger partial charge in [0.2, 0.25) is 0 Å². The molecule has 146 valence electrons. The first-order valence-electron chi connectivity index (χ1n) is 10.2. The maximum absolute atomic E-state index is 12.6. The van der Waals surface area contributed by atoms with Crippen molar-refractivity contribution in [3.05, 3.63) is 51.8 Å². The fraction of sp³-hybridized carbons (Fsp3) is 0.500. The van der Waals surface area contributed by atoms with E-state index in [-0.39, 0.29) is 11.3 Å². The Labute approximate surface area is 173 Å². The third-order valence-electron chi connectivity index (χ3n) is 7.01. The quantitative estimate of drug-likeness (QED) is 0.529. The van der Waals surface area contributed by atoms with Crippen molar-refractivity contribution >= 4 is 27.5 Å². The van der Waals surface area contributed by atoms with E-state index in [1.807, 2.05) is 37.3 Å². The van der Waals surface area contributed by atoms with Crippen LogP contribution in [-0.2, 0) is 5.41 Å². The molecule has 1 amide bonds. The molecule has 4 fully saturated rings. The Hall–Kier alpha value is -1.95. The SMILES string of the molecule is CC(=NNC(=O)c1cc(C23CC4CC(CC(C4)C2)C3)[nH]n1)c1ccc(Br)cc1. The van der Waals surface area contributed by atoms with Crippen LogP contribution in [0.2, 0.25) is 0 Å². The second-order valence-corrected chi connectivity index (χ2v) is 9.93. The molecule has 2 N–H and O–H groups in total. The summed E-state index contributed by atoms with van der Waals surface area (Å²) in [6, 6.07) is 9.82. The number of hydrogen-bond donors (Lipinski definition) is 2. The number of benzene rings is 1. The number of amides is 1. The van der Waals surface area contributed by atoms with Crippen LogP contribution in [0, 0.1) is 17.8 Å². The summed E-state index contributed by atoms with van der Waals surface area (Å²) in [5.41, 5.74) is 6.19. The predicted octanol–water partition coefficient (Wildman–Crippen LogP) is 4.79. The van der Waals surface area contributed by atoms with Crippen LogP contribution in [-0.4, -0.2) is 21.8 Å². The van der Waals surface area contributed by atoms with Gasteiger partial charge in [0.1, 0.15) is 0 Å². The molecule has 0 atom stereocenters. The van der Waals surface area contributed by atoms with E-state index in [0.29, 0.717) is 5.69 Å². The van der Waals surface area contributed by atoms with Crippen molar-refractivity contribution in [1.82, 2.24) is 15.6 Å². The normalized spacial score (nSPS) is 31.2. The summed E-state index contributed by atoms with van der Waals surface area (Å²) in [7, 11) is 0. The molecule has 1 aromatic heterocycles. The van der Waals surface area contributed by atoms with Crippen LogP contribution in [0.15, 0.2) is 39.9 Å². The molecule has 6 heteroatoms. The molecule has 6 rings (SSSR count). The van der Waals surface area contributed by atoms with Crippen LogP contribution in [0.3, 0.4) is 0 Å². The minimum absolute atomic E-state index is 0.219. The van der Waals surface area contributed by atoms with Gasteiger partial charge in [-0.05, 0) is 87.0 Å². The Morgan fingerprint density at radius 3 is 2.36 bits per heavy atom. The summed E-state index contributed by atoms with van der Waals surface area (Å²) in [5, 5.41) is 11.8. The minimum atomic E-state index is -0.260. The van der Waals surface area contributed by atoms with Crippen molar-refractivity contribution in [2.45, 2.75) is 50.9 Å². The predicted molar refractivity (Wildman–Crippen MR) is 112 cm³/mol. The van der Waals surface area contributed by atoms with Gasteiger partial charge in [-0.1, -0.05) is 28.1 Å². The fourth-order valence-corrected chi connectivity index (χ4v) is 6.36. The Balaban J connectivity index is 1.30. The van der Waals surface area contributed by atoms with Gasteiger partial charge in [-0.2, -0.15) is 10.2 Å². The topological polar surface area (TPSA) is 70.1 Å². The standard InChI is InChI=1S/C22H25BrN4O/c1-13(17-2-4-18(23)5-3-17)24-27-21(28)19-9-20(26-25-19)22-10-14-6-15(11-22)8-16(7-14)12-22/h2-5,9,14-16H,6-8,10-12H2,1H3,(H,25,26)(H,27,28). The average Bonchev–Trinajstić information content (AvgIpc) is 3.16. The van der Waals surface area contributed by atoms with E-state index in [1.165, 1.54) is 38.5 Å². The zero-order valence-corrected chi connectivity index (χ0v) is 17.6. The molecule has 5 nitrogen and oxygen atoms in total. The largest absolute Gasteiger partial charge is 0.291 e. The lowest BCUT2D eigenvalue weighted by Gasteiger charge is -2.56. The zero-order chi connectivity index (χ0) is 19.3. The van der Waals surface area contributed by atoms with Gasteiger partial charge < -0.3 is 0 Å². The van der Waals surface area contributed by atoms with E-state index in [0.717, 1.165) is 39.2 Å². The van der Waals surface area contributed by atoms with Crippen LogP contribution >= 0.6 is 15.9 Å². The molecule has 0 aliphatic heterocycles. The number of aromatic amines is 1. The Bertz CT molecular complexity index is 895. The third kappa shape index (κ3) is 3.21. The number of hydrazone groups is 1. The number of carbonyl (C=O) groups is 1. The highest BCUT2D eigenvalue weighted by Crippen LogP contribution is 2.60. The number of hydrogen-bond acceptors (Lipinski definition) is 3. The van der Waals surface area contributed by atoms with Crippen LogP contribution < -0.4 is 5.43 Å². The van der Waals surface area contributed by atoms with Gasteiger partial charge in [0.25, 0.3) is 5.91 Å². The second-order valence-electron chi connectivity index (χ2n) is 9.01. The lowest BCUT2D eigenvalue weighted by atomic mass is 9.49. The first-order valence-corrected chi connectivity index (χ1v) is 11.0. The fourth-order valence-electron chi connectivity index (χ4n) is 6.10. The van der Waals surface area contributed by atoms with Crippen LogP contribution in [0.25, 0.3) is 0 Å². The molecule has 1 heterocycles. The number of carbonyl (C=O) groups excluding carboxylic acids is 1. The number of nitrogens with zero attached hydrogens (tertiary/aromatic N) is 2. The smallest absolute Gasteiger partial charge is 0.281 e. The van der Waals surface area contributed by atoms with Gasteiger partial charge in [-0.15, -0.1) is 0 Å². The summed E-state index contributed by atoms with van der Waals surface area (Å²) < 4.78 is 1.02. The van der Waals surface area contributed by atoms with Crippen molar-refractivity contribution in [3.8, 4) is 0 Å². The molecule has 4 bridgehead atoms. The maximum Gasteiger partial charge on any atom is 0.291 e. The Morgan fingerprint density at radius 2 is 1.75 bits per heavy atom. The number of rotatable bonds is 4. The number of halogens is 1. The molecular formula is C22H25BrN4O. The highest BCUT2D eigenvalue weighted by molar-refractivity contribution is 9.10. The minimum Gasteiger partial charge on any atom is -0.281 e. The van der Waals surface area contributed by atoms with Gasteiger partial charge in [0.05, 0.1) is 5.71 Å². The van der Waals surface area contributed by atoms with E-state index in [1.54, 1.807) is 0 Å². The lowest BCUT2D eigenvalue weighted by Crippen LogP contribution is -2.48. The van der Waals surface area contributed by atoms with Crippen LogP contribution in [0.4, 0.5) is 0 Å². The van der Waals surface area contributed by atoms with Gasteiger partial charge in [-0.3, -0.25) is 9.89 Å². The molecule has 2 aromatic rings. The number of aromatic nitrogens is 2. The molecule has 0 spiro atoms. The van der Waals surface area contributed by atoms with Crippen molar-refractivity contribution in [3.63, 3.8) is 0 Å². The van der Waals surface area contributed by atoms with E-state index >= 15 is 0 Å². The van der Waals surface area contributed by atoms with Crippen LogP contribution in [0.1, 0.15) is 67.2 Å². The monoisotopic (exact) mass is 440 g/mol. The number of H-pyrrole nitrogens is 1. The zero-order valence-electron chi connectivity index (χ0n) is 16.0. The maximum atomic E-state index is 12.6. The summed E-state index contributed by atoms with van der Waals surface area (Å²) in [6.45, 7) is 1.88. The third-order valence-corrected chi connectivity index (χ3v) is 7.54. The van der Waals surface area contributed by atoms with Crippen molar-refractivity contribution in [2.75, 3.05) is 0 Å². The number of nitrogens with one attached hydrogen (secondary N) is 2. The summed E-state index contributed by atoms with van der Waals surface area (Å²) >= 11 is 3.43. The molecule has 4 aliphatic rings. The average molecular weight is 441 g/mol. The Morgan fingerprint density at radius 1 is 1.14 bits per heavy atom. The highest BCUT2D eigenvalue weighted by Gasteiger charge is 2.52. The lowest BCUT2D eigenvalue weighted by molar-refractivity contribution is -0.00721. The molecule has 4 saturated carbocycles. The molecule has 0 saturated heterocycles. The van der Waals surface area contributed by atoms with Gasteiger partial charge in [0, 0.05) is 15.6 Å². The second kappa shape index (κ2) is 6.83. The van der Waals surface area contributed by atoms with Crippen molar-refractivity contribution < 1.29 is 4.79 Å².